The van der Waals surface area contributed by atoms with E-state index < -0.39 is 18.2 Å². The number of carbonyl (C=O) groups excluding carboxylic acids is 2. The van der Waals surface area contributed by atoms with Crippen molar-refractivity contribution < 1.29 is 9.59 Å². The molecule has 8 nitrogen and oxygen atoms in total. The van der Waals surface area contributed by atoms with Gasteiger partial charge in [0.25, 0.3) is 5.91 Å². The fourth-order valence-corrected chi connectivity index (χ4v) is 4.65. The number of fused-ring (bicyclic) bond motifs is 1. The Labute approximate surface area is 192 Å². The molecule has 2 fully saturated rings. The van der Waals surface area contributed by atoms with Gasteiger partial charge < -0.3 is 14.7 Å². The quantitative estimate of drug-likeness (QED) is 0.721. The predicted molar refractivity (Wildman–Crippen MR) is 121 cm³/mol. The minimum Gasteiger partial charge on any atom is -0.340 e. The lowest BCUT2D eigenvalue weighted by Gasteiger charge is -2.40. The number of unbranched alkanes of at least 4 members (excludes halogenated alkanes) is 1. The van der Waals surface area contributed by atoms with Crippen LogP contribution < -0.4 is 5.32 Å². The topological polar surface area (TPSA) is 71.5 Å². The number of nitrogens with zero attached hydrogens (tertiary/aromatic N) is 5. The predicted octanol–water partition coefficient (Wildman–Crippen LogP) is 2.46. The number of hydrogen-bond donors (Lipinski definition) is 1. The number of halogens is 2. The summed E-state index contributed by atoms with van der Waals surface area (Å²) in [5.74, 6) is 0.432. The van der Waals surface area contributed by atoms with Gasteiger partial charge in [0.2, 0.25) is 0 Å². The van der Waals surface area contributed by atoms with Crippen molar-refractivity contribution in [2.45, 2.75) is 38.5 Å². The second-order valence-electron chi connectivity index (χ2n) is 8.25. The van der Waals surface area contributed by atoms with Gasteiger partial charge in [-0.15, -0.1) is 0 Å². The summed E-state index contributed by atoms with van der Waals surface area (Å²) < 4.78 is 0. The maximum Gasteiger partial charge on any atom is 0.325 e. The Balaban J connectivity index is 1.58. The van der Waals surface area contributed by atoms with E-state index in [2.05, 4.69) is 22.0 Å². The molecule has 1 aromatic carbocycles. The van der Waals surface area contributed by atoms with Gasteiger partial charge in [-0.1, -0.05) is 42.6 Å². The number of likely N-dealkylation sites (N-methyl/N-ethyl adjacent to an activating group) is 1. The lowest BCUT2D eigenvalue weighted by atomic mass is 10.1. The number of aliphatic imine (C=N–C) groups is 1. The Bertz CT molecular complexity index is 887. The molecule has 2 atom stereocenters. The molecule has 1 aromatic rings. The average Bonchev–Trinajstić information content (AvgIpc) is 3.13. The number of carbonyl (C=O) groups is 2. The van der Waals surface area contributed by atoms with Gasteiger partial charge in [0.05, 0.1) is 10.0 Å². The van der Waals surface area contributed by atoms with Crippen LogP contribution in [0.5, 0.6) is 0 Å². The number of urea groups is 1. The molecule has 31 heavy (non-hydrogen) atoms. The van der Waals surface area contributed by atoms with Gasteiger partial charge in [-0.2, -0.15) is 0 Å². The molecule has 3 amide bonds. The Morgan fingerprint density at radius 2 is 1.87 bits per heavy atom. The number of benzene rings is 1. The van der Waals surface area contributed by atoms with Crippen LogP contribution in [0.4, 0.5) is 4.79 Å². The molecule has 0 aliphatic carbocycles. The summed E-state index contributed by atoms with van der Waals surface area (Å²) in [6.07, 6.45) is 1.84. The van der Waals surface area contributed by atoms with Crippen molar-refractivity contribution in [2.24, 2.45) is 4.99 Å². The zero-order chi connectivity index (χ0) is 22.1. The first kappa shape index (κ1) is 22.2. The summed E-state index contributed by atoms with van der Waals surface area (Å²) in [6, 6.07) is 4.47. The van der Waals surface area contributed by atoms with Crippen molar-refractivity contribution in [3.8, 4) is 0 Å². The van der Waals surface area contributed by atoms with Gasteiger partial charge >= 0.3 is 6.03 Å². The SMILES string of the molecule is CCCCN1CCN(C2=NC3C(C(=O)NC(=O)N3C)N2Cc2ccc(Cl)c(Cl)c2)CC1. The Morgan fingerprint density at radius 1 is 1.13 bits per heavy atom. The maximum atomic E-state index is 12.8. The third kappa shape index (κ3) is 4.47. The van der Waals surface area contributed by atoms with E-state index in [1.165, 1.54) is 17.7 Å². The Hall–Kier alpha value is -2.03. The van der Waals surface area contributed by atoms with Gasteiger partial charge in [0, 0.05) is 39.8 Å². The van der Waals surface area contributed by atoms with Crippen LogP contribution in [-0.2, 0) is 11.3 Å². The van der Waals surface area contributed by atoms with Gasteiger partial charge in [0.15, 0.2) is 18.2 Å². The van der Waals surface area contributed by atoms with Crippen LogP contribution in [0, 0.1) is 0 Å². The van der Waals surface area contributed by atoms with Gasteiger partial charge in [-0.25, -0.2) is 9.79 Å². The van der Waals surface area contributed by atoms with Crippen molar-refractivity contribution in [2.75, 3.05) is 39.8 Å². The van der Waals surface area contributed by atoms with Crippen LogP contribution in [-0.4, -0.2) is 89.5 Å². The standard InChI is InChI=1S/C21H28Cl2N6O2/c1-3-4-7-27-8-10-28(11-9-27)20-24-18-17(19(30)25-21(31)26(18)2)29(20)13-14-5-6-15(22)16(23)12-14/h5-6,12,17-18H,3-4,7-11,13H2,1-2H3,(H,25,30,31). The lowest BCUT2D eigenvalue weighted by molar-refractivity contribution is -0.127. The van der Waals surface area contributed by atoms with E-state index in [0.717, 1.165) is 44.2 Å². The Kier molecular flexibility index (Phi) is 6.60. The molecule has 0 spiro atoms. The highest BCUT2D eigenvalue weighted by molar-refractivity contribution is 6.42. The monoisotopic (exact) mass is 466 g/mol. The van der Waals surface area contributed by atoms with Crippen LogP contribution in [0.2, 0.25) is 10.0 Å². The van der Waals surface area contributed by atoms with Crippen LogP contribution in [0.3, 0.4) is 0 Å². The summed E-state index contributed by atoms with van der Waals surface area (Å²) >= 11 is 12.3. The first-order valence-corrected chi connectivity index (χ1v) is 11.5. The molecule has 4 rings (SSSR count). The number of piperazine rings is 1. The smallest absolute Gasteiger partial charge is 0.325 e. The van der Waals surface area contributed by atoms with Gasteiger partial charge in [-0.3, -0.25) is 15.0 Å². The van der Waals surface area contributed by atoms with Crippen LogP contribution in [0.15, 0.2) is 23.2 Å². The maximum absolute atomic E-state index is 12.8. The van der Waals surface area contributed by atoms with E-state index in [9.17, 15) is 9.59 Å². The largest absolute Gasteiger partial charge is 0.340 e. The molecule has 3 aliphatic heterocycles. The zero-order valence-corrected chi connectivity index (χ0v) is 19.4. The minimum absolute atomic E-state index is 0.325. The number of hydrogen-bond acceptors (Lipinski definition) is 6. The molecule has 3 aliphatic rings. The van der Waals surface area contributed by atoms with Crippen LogP contribution >= 0.6 is 23.2 Å². The number of imide groups is 1. The molecule has 1 N–H and O–H groups in total. The van der Waals surface area contributed by atoms with E-state index in [4.69, 9.17) is 28.2 Å². The molecule has 2 unspecified atom stereocenters. The number of guanidine groups is 1. The number of amides is 3. The summed E-state index contributed by atoms with van der Waals surface area (Å²) in [5, 5.41) is 3.41. The molecule has 0 aromatic heterocycles. The number of nitrogens with one attached hydrogen (secondary N) is 1. The average molecular weight is 467 g/mol. The second kappa shape index (κ2) is 9.22. The first-order valence-electron chi connectivity index (χ1n) is 10.7. The third-order valence-corrected chi connectivity index (χ3v) is 6.90. The molecule has 10 heteroatoms. The van der Waals surface area contributed by atoms with Crippen molar-refractivity contribution in [1.29, 1.82) is 0 Å². The summed E-state index contributed by atoms with van der Waals surface area (Å²) in [4.78, 5) is 38.0. The highest BCUT2D eigenvalue weighted by Gasteiger charge is 2.49. The highest BCUT2D eigenvalue weighted by Crippen LogP contribution is 2.29. The molecule has 0 bridgehead atoms. The van der Waals surface area contributed by atoms with E-state index in [1.54, 1.807) is 13.1 Å². The fourth-order valence-electron chi connectivity index (χ4n) is 4.33. The van der Waals surface area contributed by atoms with Crippen molar-refractivity contribution in [3.63, 3.8) is 0 Å². The summed E-state index contributed by atoms with van der Waals surface area (Å²) in [7, 11) is 1.67. The molecule has 168 valence electrons. The Morgan fingerprint density at radius 3 is 2.55 bits per heavy atom. The van der Waals surface area contributed by atoms with Crippen molar-refractivity contribution >= 4 is 41.1 Å². The molecular formula is C21H28Cl2N6O2. The molecule has 3 heterocycles. The molecule has 0 saturated carbocycles. The van der Waals surface area contributed by atoms with E-state index >= 15 is 0 Å². The normalized spacial score (nSPS) is 24.4. The molecule has 0 radical (unpaired) electrons. The third-order valence-electron chi connectivity index (χ3n) is 6.16. The van der Waals surface area contributed by atoms with Gasteiger partial charge in [0.1, 0.15) is 0 Å². The van der Waals surface area contributed by atoms with E-state index in [0.29, 0.717) is 16.6 Å². The lowest BCUT2D eigenvalue weighted by Crippen LogP contribution is -2.64. The van der Waals surface area contributed by atoms with E-state index in [-0.39, 0.29) is 5.91 Å². The van der Waals surface area contributed by atoms with Crippen molar-refractivity contribution in [1.82, 2.24) is 24.9 Å². The van der Waals surface area contributed by atoms with Crippen LogP contribution in [0.25, 0.3) is 0 Å². The molecular weight excluding hydrogens is 439 g/mol. The highest BCUT2D eigenvalue weighted by atomic mass is 35.5. The second-order valence-corrected chi connectivity index (χ2v) is 9.07. The van der Waals surface area contributed by atoms with Crippen LogP contribution in [0.1, 0.15) is 25.3 Å². The van der Waals surface area contributed by atoms with E-state index in [1.807, 2.05) is 17.0 Å². The molecule has 2 saturated heterocycles. The van der Waals surface area contributed by atoms with Gasteiger partial charge in [-0.05, 0) is 30.7 Å². The minimum atomic E-state index is -0.578. The van der Waals surface area contributed by atoms with Crippen molar-refractivity contribution in [3.05, 3.63) is 33.8 Å². The fraction of sp³-hybridized carbons (Fsp3) is 0.571. The summed E-state index contributed by atoms with van der Waals surface area (Å²) in [6.45, 7) is 7.33. The first-order chi connectivity index (χ1) is 14.9. The summed E-state index contributed by atoms with van der Waals surface area (Å²) in [5.41, 5.74) is 0.927. The number of rotatable bonds is 5. The zero-order valence-electron chi connectivity index (χ0n) is 17.9.